The van der Waals surface area contributed by atoms with Gasteiger partial charge in [0.25, 0.3) is 5.91 Å². The van der Waals surface area contributed by atoms with Gasteiger partial charge >= 0.3 is 5.97 Å². The van der Waals surface area contributed by atoms with Crippen molar-refractivity contribution in [3.05, 3.63) is 59.7 Å². The Kier molecular flexibility index (Phi) is 7.67. The van der Waals surface area contributed by atoms with E-state index in [4.69, 9.17) is 14.2 Å². The fourth-order valence-corrected chi connectivity index (χ4v) is 2.60. The number of esters is 1. The third-order valence-electron chi connectivity index (χ3n) is 4.14. The average molecular weight is 371 g/mol. The first-order valence-electron chi connectivity index (χ1n) is 8.71. The number of nitrogens with one attached hydrogen (secondary N) is 1. The average Bonchev–Trinajstić information content (AvgIpc) is 2.71. The number of amides is 1. The molecule has 0 aromatic heterocycles. The van der Waals surface area contributed by atoms with E-state index in [-0.39, 0.29) is 24.9 Å². The first-order chi connectivity index (χ1) is 13.0. The summed E-state index contributed by atoms with van der Waals surface area (Å²) in [4.78, 5) is 23.8. The van der Waals surface area contributed by atoms with Gasteiger partial charge in [0.05, 0.1) is 20.6 Å². The topological polar surface area (TPSA) is 73.9 Å². The van der Waals surface area contributed by atoms with Gasteiger partial charge in [0.2, 0.25) is 0 Å². The number of carbonyl (C=O) groups is 2. The highest BCUT2D eigenvalue weighted by molar-refractivity contribution is 5.80. The summed E-state index contributed by atoms with van der Waals surface area (Å²) in [7, 11) is 3.11. The summed E-state index contributed by atoms with van der Waals surface area (Å²) >= 11 is 0. The van der Waals surface area contributed by atoms with Gasteiger partial charge in [-0.25, -0.2) is 0 Å². The maximum absolute atomic E-state index is 11.9. The van der Waals surface area contributed by atoms with Crippen LogP contribution in [-0.2, 0) is 20.9 Å². The van der Waals surface area contributed by atoms with Gasteiger partial charge in [-0.3, -0.25) is 9.59 Å². The summed E-state index contributed by atoms with van der Waals surface area (Å²) in [5.41, 5.74) is 1.91. The van der Waals surface area contributed by atoms with Crippen molar-refractivity contribution in [2.75, 3.05) is 20.8 Å². The number of hydrogen-bond acceptors (Lipinski definition) is 5. The molecule has 0 aliphatic heterocycles. The second-order valence-electron chi connectivity index (χ2n) is 6.14. The summed E-state index contributed by atoms with van der Waals surface area (Å²) in [6, 6.07) is 15.1. The third-order valence-corrected chi connectivity index (χ3v) is 4.14. The number of ether oxygens (including phenoxy) is 3. The Labute approximate surface area is 159 Å². The van der Waals surface area contributed by atoms with Crippen LogP contribution in [0.3, 0.4) is 0 Å². The van der Waals surface area contributed by atoms with Gasteiger partial charge in [-0.1, -0.05) is 43.3 Å². The molecule has 27 heavy (non-hydrogen) atoms. The molecule has 1 amide bonds. The van der Waals surface area contributed by atoms with Crippen LogP contribution >= 0.6 is 0 Å². The van der Waals surface area contributed by atoms with Crippen LogP contribution in [0.25, 0.3) is 0 Å². The monoisotopic (exact) mass is 371 g/mol. The number of benzene rings is 2. The molecule has 0 aliphatic carbocycles. The van der Waals surface area contributed by atoms with Crippen molar-refractivity contribution in [3.8, 4) is 11.5 Å². The van der Waals surface area contributed by atoms with Crippen LogP contribution < -0.4 is 14.8 Å². The van der Waals surface area contributed by atoms with Gasteiger partial charge < -0.3 is 19.5 Å². The van der Waals surface area contributed by atoms with Crippen molar-refractivity contribution in [3.63, 3.8) is 0 Å². The van der Waals surface area contributed by atoms with Crippen LogP contribution in [-0.4, -0.2) is 32.7 Å². The van der Waals surface area contributed by atoms with E-state index < -0.39 is 5.97 Å². The lowest BCUT2D eigenvalue weighted by Crippen LogP contribution is -2.28. The number of hydrogen-bond donors (Lipinski definition) is 1. The normalized spacial score (nSPS) is 11.4. The predicted octanol–water partition coefficient (Wildman–Crippen LogP) is 3.06. The van der Waals surface area contributed by atoms with Crippen LogP contribution in [0.2, 0.25) is 0 Å². The molecule has 0 fully saturated rings. The molecular formula is C21H25NO5. The largest absolute Gasteiger partial charge is 0.493 e. The Balaban J connectivity index is 1.75. The Hall–Kier alpha value is -3.02. The van der Waals surface area contributed by atoms with Gasteiger partial charge in [0.1, 0.15) is 0 Å². The minimum Gasteiger partial charge on any atom is -0.493 e. The summed E-state index contributed by atoms with van der Waals surface area (Å²) in [6.45, 7) is 1.96. The zero-order chi connectivity index (χ0) is 19.6. The third kappa shape index (κ3) is 6.33. The molecule has 6 nitrogen and oxygen atoms in total. The van der Waals surface area contributed by atoms with E-state index in [0.29, 0.717) is 18.0 Å². The van der Waals surface area contributed by atoms with E-state index in [9.17, 15) is 9.59 Å². The Morgan fingerprint density at radius 3 is 2.37 bits per heavy atom. The molecule has 0 saturated heterocycles. The van der Waals surface area contributed by atoms with Crippen molar-refractivity contribution in [1.29, 1.82) is 0 Å². The minimum atomic E-state index is -0.396. The lowest BCUT2D eigenvalue weighted by atomic mass is 9.98. The van der Waals surface area contributed by atoms with E-state index in [0.717, 1.165) is 11.1 Å². The molecule has 0 spiro atoms. The molecule has 2 aromatic rings. The van der Waals surface area contributed by atoms with Gasteiger partial charge in [0, 0.05) is 6.54 Å². The molecule has 0 radical (unpaired) electrons. The van der Waals surface area contributed by atoms with Crippen LogP contribution in [0.1, 0.15) is 30.4 Å². The first-order valence-corrected chi connectivity index (χ1v) is 8.71. The second-order valence-corrected chi connectivity index (χ2v) is 6.14. The molecular weight excluding hydrogens is 346 g/mol. The highest BCUT2D eigenvalue weighted by Crippen LogP contribution is 2.27. The van der Waals surface area contributed by atoms with E-state index in [1.807, 2.05) is 43.3 Å². The molecule has 144 valence electrons. The molecule has 6 heteroatoms. The molecule has 0 aliphatic rings. The van der Waals surface area contributed by atoms with Crippen LogP contribution in [0.15, 0.2) is 48.5 Å². The van der Waals surface area contributed by atoms with Crippen molar-refractivity contribution in [2.24, 2.45) is 0 Å². The first kappa shape index (κ1) is 20.3. The van der Waals surface area contributed by atoms with Crippen molar-refractivity contribution in [1.82, 2.24) is 5.32 Å². The zero-order valence-corrected chi connectivity index (χ0v) is 15.9. The zero-order valence-electron chi connectivity index (χ0n) is 15.9. The van der Waals surface area contributed by atoms with Crippen molar-refractivity contribution >= 4 is 11.9 Å². The maximum atomic E-state index is 11.9. The fraction of sp³-hybridized carbons (Fsp3) is 0.333. The highest BCUT2D eigenvalue weighted by atomic mass is 16.5. The molecule has 0 saturated carbocycles. The second kappa shape index (κ2) is 10.2. The summed E-state index contributed by atoms with van der Waals surface area (Å²) in [5, 5.41) is 2.72. The summed E-state index contributed by atoms with van der Waals surface area (Å²) in [5.74, 6) is 0.492. The van der Waals surface area contributed by atoms with Crippen LogP contribution in [0.4, 0.5) is 0 Å². The minimum absolute atomic E-state index is 0.0357. The predicted molar refractivity (Wildman–Crippen MR) is 102 cm³/mol. The van der Waals surface area contributed by atoms with E-state index in [2.05, 4.69) is 5.32 Å². The maximum Gasteiger partial charge on any atom is 0.306 e. The molecule has 1 atom stereocenters. The SMILES string of the molecule is COc1ccc(CNC(=O)COC(=O)C[C@@H](C)c2ccccc2)cc1OC. The standard InChI is InChI=1S/C21H25NO5/c1-15(17-7-5-4-6-8-17)11-21(24)27-14-20(23)22-13-16-9-10-18(25-2)19(12-16)26-3/h4-10,12,15H,11,13-14H2,1-3H3,(H,22,23)/t15-/m1/s1. The summed E-state index contributed by atoms with van der Waals surface area (Å²) in [6.07, 6.45) is 0.229. The number of rotatable bonds is 9. The fourth-order valence-electron chi connectivity index (χ4n) is 2.60. The number of methoxy groups -OCH3 is 2. The Morgan fingerprint density at radius 1 is 1.00 bits per heavy atom. The lowest BCUT2D eigenvalue weighted by molar-refractivity contribution is -0.148. The van der Waals surface area contributed by atoms with Crippen LogP contribution in [0, 0.1) is 0 Å². The molecule has 0 unspecified atom stereocenters. The van der Waals surface area contributed by atoms with Crippen molar-refractivity contribution < 1.29 is 23.8 Å². The molecule has 0 bridgehead atoms. The van der Waals surface area contributed by atoms with Crippen LogP contribution in [0.5, 0.6) is 11.5 Å². The van der Waals surface area contributed by atoms with Crippen molar-refractivity contribution in [2.45, 2.75) is 25.8 Å². The van der Waals surface area contributed by atoms with E-state index in [1.54, 1.807) is 26.4 Å². The molecule has 2 aromatic carbocycles. The Bertz CT molecular complexity index is 760. The van der Waals surface area contributed by atoms with Gasteiger partial charge in [-0.2, -0.15) is 0 Å². The number of carbonyl (C=O) groups excluding carboxylic acids is 2. The molecule has 0 heterocycles. The van der Waals surface area contributed by atoms with Gasteiger partial charge in [0.15, 0.2) is 18.1 Å². The molecule has 1 N–H and O–H groups in total. The van der Waals surface area contributed by atoms with Gasteiger partial charge in [-0.05, 0) is 29.2 Å². The highest BCUT2D eigenvalue weighted by Gasteiger charge is 2.14. The van der Waals surface area contributed by atoms with E-state index >= 15 is 0 Å². The molecule has 2 rings (SSSR count). The van der Waals surface area contributed by atoms with Gasteiger partial charge in [-0.15, -0.1) is 0 Å². The smallest absolute Gasteiger partial charge is 0.306 e. The quantitative estimate of drug-likeness (QED) is 0.686. The summed E-state index contributed by atoms with van der Waals surface area (Å²) < 4.78 is 15.5. The lowest BCUT2D eigenvalue weighted by Gasteiger charge is -2.12. The Morgan fingerprint density at radius 2 is 1.70 bits per heavy atom. The van der Waals surface area contributed by atoms with E-state index in [1.165, 1.54) is 0 Å².